The van der Waals surface area contributed by atoms with Gasteiger partial charge in [-0.1, -0.05) is 61.4 Å². The molecule has 7 heteroatoms. The van der Waals surface area contributed by atoms with E-state index in [0.29, 0.717) is 11.6 Å². The average Bonchev–Trinajstić information content (AvgIpc) is 2.81. The van der Waals surface area contributed by atoms with E-state index < -0.39 is 15.9 Å². The fraction of sp³-hybridized carbons (Fsp3) is 0.321. The first-order chi connectivity index (χ1) is 16.6. The summed E-state index contributed by atoms with van der Waals surface area (Å²) in [6, 6.07) is 19.8. The van der Waals surface area contributed by atoms with Crippen LogP contribution in [0, 0.1) is 20.8 Å². The first-order valence-electron chi connectivity index (χ1n) is 11.7. The number of rotatable bonds is 10. The van der Waals surface area contributed by atoms with Crippen molar-refractivity contribution in [1.82, 2.24) is 5.32 Å². The molecule has 0 heterocycles. The van der Waals surface area contributed by atoms with Crippen LogP contribution in [0.1, 0.15) is 42.0 Å². The zero-order chi connectivity index (χ0) is 25.6. The van der Waals surface area contributed by atoms with E-state index in [1.165, 1.54) is 0 Å². The number of amides is 1. The Balaban J connectivity index is 1.73. The van der Waals surface area contributed by atoms with E-state index in [2.05, 4.69) is 19.2 Å². The van der Waals surface area contributed by atoms with Crippen LogP contribution in [0.3, 0.4) is 0 Å². The van der Waals surface area contributed by atoms with Crippen LogP contribution >= 0.6 is 0 Å². The monoisotopic (exact) mass is 494 g/mol. The second kappa shape index (κ2) is 11.4. The van der Waals surface area contributed by atoms with Gasteiger partial charge in [0.15, 0.2) is 0 Å². The van der Waals surface area contributed by atoms with Crippen molar-refractivity contribution in [3.63, 3.8) is 0 Å². The number of anilines is 1. The van der Waals surface area contributed by atoms with Gasteiger partial charge in [0.25, 0.3) is 10.0 Å². The lowest BCUT2D eigenvalue weighted by Gasteiger charge is -2.24. The lowest BCUT2D eigenvalue weighted by atomic mass is 10.0. The van der Waals surface area contributed by atoms with Gasteiger partial charge in [0.2, 0.25) is 5.91 Å². The molecule has 35 heavy (non-hydrogen) atoms. The van der Waals surface area contributed by atoms with Gasteiger partial charge in [-0.25, -0.2) is 8.42 Å². The van der Waals surface area contributed by atoms with Crippen molar-refractivity contribution in [2.75, 3.05) is 24.0 Å². The highest BCUT2D eigenvalue weighted by atomic mass is 32.2. The maximum Gasteiger partial charge on any atom is 0.264 e. The van der Waals surface area contributed by atoms with Crippen molar-refractivity contribution in [1.29, 1.82) is 0 Å². The van der Waals surface area contributed by atoms with Crippen LogP contribution in [-0.2, 0) is 14.8 Å². The Bertz CT molecular complexity index is 1250. The van der Waals surface area contributed by atoms with Crippen LogP contribution < -0.4 is 14.4 Å². The third kappa shape index (κ3) is 6.85. The average molecular weight is 495 g/mol. The molecule has 1 amide bonds. The predicted octanol–water partition coefficient (Wildman–Crippen LogP) is 5.13. The van der Waals surface area contributed by atoms with Gasteiger partial charge in [-0.2, -0.15) is 0 Å². The number of hydrogen-bond donors (Lipinski definition) is 1. The topological polar surface area (TPSA) is 75.7 Å². The number of aryl methyl sites for hydroxylation is 3. The number of carbonyl (C=O) groups is 1. The van der Waals surface area contributed by atoms with Crippen LogP contribution in [0.2, 0.25) is 0 Å². The molecule has 0 atom stereocenters. The lowest BCUT2D eigenvalue weighted by Crippen LogP contribution is -2.42. The molecule has 0 aromatic heterocycles. The summed E-state index contributed by atoms with van der Waals surface area (Å²) in [4.78, 5) is 12.9. The molecular weight excluding hydrogens is 460 g/mol. The zero-order valence-electron chi connectivity index (χ0n) is 21.0. The minimum atomic E-state index is -3.94. The standard InChI is InChI=1S/C28H34N2O4S/c1-20(2)24-9-11-25(12-10-24)30(35(32,33)26-13-6-21(3)7-14-26)19-28(31)29-16-17-34-27-15-8-22(4)18-23(27)5/h6-15,18,20H,16-17,19H2,1-5H3,(H,29,31). The SMILES string of the molecule is Cc1ccc(S(=O)(=O)N(CC(=O)NCCOc2ccc(C)cc2C)c2ccc(C(C)C)cc2)cc1. The number of sulfonamides is 1. The summed E-state index contributed by atoms with van der Waals surface area (Å²) in [6.45, 7) is 10.2. The molecule has 3 aromatic rings. The third-order valence-electron chi connectivity index (χ3n) is 5.76. The van der Waals surface area contributed by atoms with Gasteiger partial charge < -0.3 is 10.1 Å². The Morgan fingerprint density at radius 3 is 2.14 bits per heavy atom. The fourth-order valence-corrected chi connectivity index (χ4v) is 5.10. The van der Waals surface area contributed by atoms with Crippen molar-refractivity contribution in [2.24, 2.45) is 0 Å². The second-order valence-electron chi connectivity index (χ2n) is 9.04. The maximum absolute atomic E-state index is 13.5. The Labute approximate surface area is 209 Å². The first-order valence-corrected chi connectivity index (χ1v) is 13.2. The lowest BCUT2D eigenvalue weighted by molar-refractivity contribution is -0.119. The van der Waals surface area contributed by atoms with E-state index in [-0.39, 0.29) is 24.6 Å². The molecule has 0 bridgehead atoms. The summed E-state index contributed by atoms with van der Waals surface area (Å²) in [6.07, 6.45) is 0. The van der Waals surface area contributed by atoms with Crippen LogP contribution in [0.4, 0.5) is 5.69 Å². The highest BCUT2D eigenvalue weighted by molar-refractivity contribution is 7.92. The highest BCUT2D eigenvalue weighted by Crippen LogP contribution is 2.26. The van der Waals surface area contributed by atoms with Crippen molar-refractivity contribution < 1.29 is 17.9 Å². The van der Waals surface area contributed by atoms with Gasteiger partial charge in [-0.15, -0.1) is 0 Å². The summed E-state index contributed by atoms with van der Waals surface area (Å²) in [5.74, 6) is 0.670. The highest BCUT2D eigenvalue weighted by Gasteiger charge is 2.27. The Kier molecular flexibility index (Phi) is 8.57. The van der Waals surface area contributed by atoms with Crippen LogP contribution in [0.15, 0.2) is 71.6 Å². The molecule has 0 saturated carbocycles. The molecule has 1 N–H and O–H groups in total. The molecule has 0 fully saturated rings. The Morgan fingerprint density at radius 1 is 0.914 bits per heavy atom. The minimum absolute atomic E-state index is 0.141. The molecule has 3 rings (SSSR count). The Hall–Kier alpha value is -3.32. The van der Waals surface area contributed by atoms with Crippen molar-refractivity contribution in [2.45, 2.75) is 45.4 Å². The third-order valence-corrected chi connectivity index (χ3v) is 7.54. The normalized spacial score (nSPS) is 11.4. The molecule has 0 aliphatic rings. The largest absolute Gasteiger partial charge is 0.491 e. The van der Waals surface area contributed by atoms with Gasteiger partial charge >= 0.3 is 0 Å². The van der Waals surface area contributed by atoms with E-state index in [9.17, 15) is 13.2 Å². The number of carbonyl (C=O) groups excluding carboxylic acids is 1. The summed E-state index contributed by atoms with van der Waals surface area (Å²) >= 11 is 0. The predicted molar refractivity (Wildman–Crippen MR) is 141 cm³/mol. The molecule has 0 spiro atoms. The van der Waals surface area contributed by atoms with E-state index in [0.717, 1.165) is 32.3 Å². The molecular formula is C28H34N2O4S. The minimum Gasteiger partial charge on any atom is -0.491 e. The summed E-state index contributed by atoms with van der Waals surface area (Å²) < 4.78 is 33.9. The molecule has 186 valence electrons. The molecule has 0 saturated heterocycles. The number of nitrogens with zero attached hydrogens (tertiary/aromatic N) is 1. The van der Waals surface area contributed by atoms with Gasteiger partial charge in [-0.05, 0) is 68.1 Å². The van der Waals surface area contributed by atoms with Crippen molar-refractivity contribution in [3.05, 3.63) is 89.0 Å². The number of nitrogens with one attached hydrogen (secondary N) is 1. The van der Waals surface area contributed by atoms with E-state index in [4.69, 9.17) is 4.74 Å². The maximum atomic E-state index is 13.5. The summed E-state index contributed by atoms with van der Waals surface area (Å²) in [5.41, 5.74) is 4.67. The Morgan fingerprint density at radius 2 is 1.54 bits per heavy atom. The zero-order valence-corrected chi connectivity index (χ0v) is 21.9. The molecule has 6 nitrogen and oxygen atoms in total. The van der Waals surface area contributed by atoms with Gasteiger partial charge in [0.05, 0.1) is 17.1 Å². The van der Waals surface area contributed by atoms with Crippen molar-refractivity contribution in [3.8, 4) is 5.75 Å². The van der Waals surface area contributed by atoms with Gasteiger partial charge in [-0.3, -0.25) is 9.10 Å². The van der Waals surface area contributed by atoms with E-state index >= 15 is 0 Å². The molecule has 0 radical (unpaired) electrons. The number of benzene rings is 3. The van der Waals surface area contributed by atoms with Crippen LogP contribution in [0.25, 0.3) is 0 Å². The quantitative estimate of drug-likeness (QED) is 0.397. The second-order valence-corrected chi connectivity index (χ2v) is 10.9. The smallest absolute Gasteiger partial charge is 0.264 e. The molecule has 0 unspecified atom stereocenters. The first kappa shape index (κ1) is 26.3. The molecule has 0 aliphatic carbocycles. The van der Waals surface area contributed by atoms with Crippen molar-refractivity contribution >= 4 is 21.6 Å². The van der Waals surface area contributed by atoms with E-state index in [1.807, 2.05) is 51.1 Å². The summed E-state index contributed by atoms with van der Waals surface area (Å²) in [7, 11) is -3.94. The molecule has 3 aromatic carbocycles. The molecule has 0 aliphatic heterocycles. The van der Waals surface area contributed by atoms with Crippen LogP contribution in [0.5, 0.6) is 5.75 Å². The fourth-order valence-electron chi connectivity index (χ4n) is 3.68. The van der Waals surface area contributed by atoms with Gasteiger partial charge in [0.1, 0.15) is 18.9 Å². The van der Waals surface area contributed by atoms with Gasteiger partial charge in [0, 0.05) is 0 Å². The van der Waals surface area contributed by atoms with E-state index in [1.54, 1.807) is 36.4 Å². The van der Waals surface area contributed by atoms with Crippen LogP contribution in [-0.4, -0.2) is 34.0 Å². The number of ether oxygens (including phenoxy) is 1. The number of hydrogen-bond acceptors (Lipinski definition) is 4. The summed E-state index contributed by atoms with van der Waals surface area (Å²) in [5, 5.41) is 2.78.